The first-order chi connectivity index (χ1) is 15.5. The van der Waals surface area contributed by atoms with E-state index >= 15 is 0 Å². The number of benzene rings is 1. The van der Waals surface area contributed by atoms with Crippen LogP contribution in [0.5, 0.6) is 0 Å². The van der Waals surface area contributed by atoms with Crippen LogP contribution >= 0.6 is 15.9 Å². The maximum Gasteiger partial charge on any atom is 0.417 e. The zero-order chi connectivity index (χ0) is 23.9. The van der Waals surface area contributed by atoms with Gasteiger partial charge in [-0.05, 0) is 41.7 Å². The van der Waals surface area contributed by atoms with Crippen LogP contribution in [0, 0.1) is 0 Å². The Morgan fingerprint density at radius 1 is 1.15 bits per heavy atom. The average molecular weight is 526 g/mol. The number of aliphatic hydroxyl groups is 1. The van der Waals surface area contributed by atoms with E-state index in [0.717, 1.165) is 21.2 Å². The number of anilines is 1. The molecule has 1 unspecified atom stereocenters. The summed E-state index contributed by atoms with van der Waals surface area (Å²) in [5.74, 6) is 0.762. The zero-order valence-corrected chi connectivity index (χ0v) is 20.1. The molecule has 2 aromatic heterocycles. The molecule has 3 aromatic rings. The van der Waals surface area contributed by atoms with Crippen LogP contribution in [0.3, 0.4) is 0 Å². The number of pyridine rings is 1. The largest absolute Gasteiger partial charge is 0.417 e. The maximum absolute atomic E-state index is 14.2. The monoisotopic (exact) mass is 525 g/mol. The van der Waals surface area contributed by atoms with Crippen LogP contribution in [0.4, 0.5) is 19.0 Å². The Morgan fingerprint density at radius 2 is 1.88 bits per heavy atom. The van der Waals surface area contributed by atoms with Gasteiger partial charge in [0.1, 0.15) is 5.82 Å². The van der Waals surface area contributed by atoms with Gasteiger partial charge in [0.05, 0.1) is 24.9 Å². The van der Waals surface area contributed by atoms with Crippen molar-refractivity contribution < 1.29 is 23.0 Å². The molecule has 1 aliphatic heterocycles. The summed E-state index contributed by atoms with van der Waals surface area (Å²) in [6.07, 6.45) is -4.23. The molecule has 1 aromatic carbocycles. The van der Waals surface area contributed by atoms with Gasteiger partial charge in [-0.1, -0.05) is 41.9 Å². The molecule has 2 N–H and O–H groups in total. The second kappa shape index (κ2) is 8.92. The van der Waals surface area contributed by atoms with Crippen molar-refractivity contribution in [2.45, 2.75) is 43.9 Å². The molecule has 0 bridgehead atoms. The van der Waals surface area contributed by atoms with Gasteiger partial charge in [0, 0.05) is 35.1 Å². The van der Waals surface area contributed by atoms with Crippen molar-refractivity contribution in [1.82, 2.24) is 9.97 Å². The summed E-state index contributed by atoms with van der Waals surface area (Å²) in [6.45, 7) is 6.10. The van der Waals surface area contributed by atoms with Crippen molar-refractivity contribution in [3.63, 3.8) is 0 Å². The fraction of sp³-hybridized carbons (Fsp3) is 0.458. The average Bonchev–Trinajstić information content (AvgIpc) is 3.14. The SMILES string of the molecule is CC(C)(CC(O)(Cc1cc2cc(N3CCOCC3)ncc2[nH]1)C(F)(F)F)c1cccc(Br)c1. The van der Waals surface area contributed by atoms with Gasteiger partial charge >= 0.3 is 6.18 Å². The lowest BCUT2D eigenvalue weighted by molar-refractivity contribution is -0.266. The Hall–Kier alpha value is -2.10. The van der Waals surface area contributed by atoms with Crippen molar-refractivity contribution >= 4 is 32.7 Å². The molecule has 178 valence electrons. The Balaban J connectivity index is 1.61. The number of rotatable bonds is 6. The molecule has 4 rings (SSSR count). The second-order valence-corrected chi connectivity index (χ2v) is 10.2. The van der Waals surface area contributed by atoms with Gasteiger partial charge in [0.2, 0.25) is 0 Å². The molecule has 0 radical (unpaired) electrons. The number of alkyl halides is 3. The van der Waals surface area contributed by atoms with E-state index < -0.39 is 30.0 Å². The van der Waals surface area contributed by atoms with Crippen LogP contribution in [0.1, 0.15) is 31.5 Å². The van der Waals surface area contributed by atoms with Crippen LogP contribution in [0.2, 0.25) is 0 Å². The number of H-pyrrole nitrogens is 1. The number of halogens is 4. The number of hydrogen-bond acceptors (Lipinski definition) is 4. The number of hydrogen-bond donors (Lipinski definition) is 2. The minimum absolute atomic E-state index is 0.316. The van der Waals surface area contributed by atoms with Gasteiger partial charge in [0.15, 0.2) is 5.60 Å². The Bertz CT molecular complexity index is 1130. The molecule has 0 aliphatic carbocycles. The van der Waals surface area contributed by atoms with Gasteiger partial charge in [-0.15, -0.1) is 0 Å². The van der Waals surface area contributed by atoms with E-state index in [-0.39, 0.29) is 0 Å². The van der Waals surface area contributed by atoms with Crippen LogP contribution in [0.15, 0.2) is 47.1 Å². The summed E-state index contributed by atoms with van der Waals surface area (Å²) in [5.41, 5.74) is -2.14. The summed E-state index contributed by atoms with van der Waals surface area (Å²) < 4.78 is 48.7. The lowest BCUT2D eigenvalue weighted by atomic mass is 9.73. The van der Waals surface area contributed by atoms with Gasteiger partial charge in [-0.2, -0.15) is 13.2 Å². The Morgan fingerprint density at radius 3 is 2.55 bits per heavy atom. The molecule has 1 atom stereocenters. The Labute approximate surface area is 199 Å². The summed E-state index contributed by atoms with van der Waals surface area (Å²) in [5, 5.41) is 11.7. The van der Waals surface area contributed by atoms with E-state index in [1.165, 1.54) is 0 Å². The highest BCUT2D eigenvalue weighted by atomic mass is 79.9. The van der Waals surface area contributed by atoms with Crippen LogP contribution in [-0.4, -0.2) is 53.2 Å². The minimum atomic E-state index is -4.80. The number of ether oxygens (including phenoxy) is 1. The van der Waals surface area contributed by atoms with Gasteiger partial charge in [-0.3, -0.25) is 0 Å². The summed E-state index contributed by atoms with van der Waals surface area (Å²) in [4.78, 5) is 9.55. The van der Waals surface area contributed by atoms with E-state index in [0.29, 0.717) is 37.5 Å². The van der Waals surface area contributed by atoms with Gasteiger partial charge in [0.25, 0.3) is 0 Å². The topological polar surface area (TPSA) is 61.4 Å². The first-order valence-electron chi connectivity index (χ1n) is 10.8. The standard InChI is InChI=1S/C24H27BrF3N3O2/c1-22(2,17-4-3-5-18(25)12-17)15-23(32,24(26,27)28)13-19-10-16-11-21(29-14-20(16)30-19)31-6-8-33-9-7-31/h3-5,10-12,14,30,32H,6-9,13,15H2,1-2H3. The molecule has 1 aliphatic rings. The Kier molecular flexibility index (Phi) is 6.50. The number of fused-ring (bicyclic) bond motifs is 1. The maximum atomic E-state index is 14.2. The van der Waals surface area contributed by atoms with Crippen molar-refractivity contribution in [2.75, 3.05) is 31.2 Å². The first-order valence-corrected chi connectivity index (χ1v) is 11.6. The van der Waals surface area contributed by atoms with E-state index in [4.69, 9.17) is 4.74 Å². The van der Waals surface area contributed by atoms with Crippen LogP contribution in [-0.2, 0) is 16.6 Å². The number of aromatic nitrogens is 2. The third kappa shape index (κ3) is 5.20. The zero-order valence-electron chi connectivity index (χ0n) is 18.5. The normalized spacial score (nSPS) is 17.4. The molecule has 1 saturated heterocycles. The molecule has 9 heteroatoms. The third-order valence-corrected chi connectivity index (χ3v) is 6.73. The highest BCUT2D eigenvalue weighted by Crippen LogP contribution is 2.43. The summed E-state index contributed by atoms with van der Waals surface area (Å²) >= 11 is 3.38. The molecule has 33 heavy (non-hydrogen) atoms. The fourth-order valence-corrected chi connectivity index (χ4v) is 4.86. The smallest absolute Gasteiger partial charge is 0.380 e. The number of aromatic amines is 1. The van der Waals surface area contributed by atoms with E-state index in [1.54, 1.807) is 44.3 Å². The van der Waals surface area contributed by atoms with Crippen LogP contribution in [0.25, 0.3) is 10.9 Å². The number of morpholine rings is 1. The van der Waals surface area contributed by atoms with Crippen molar-refractivity contribution in [3.05, 3.63) is 58.3 Å². The molecule has 3 heterocycles. The highest BCUT2D eigenvalue weighted by molar-refractivity contribution is 9.10. The predicted molar refractivity (Wildman–Crippen MR) is 126 cm³/mol. The van der Waals surface area contributed by atoms with Crippen molar-refractivity contribution in [3.8, 4) is 0 Å². The molecular weight excluding hydrogens is 499 g/mol. The molecule has 0 saturated carbocycles. The molecule has 0 spiro atoms. The molecule has 0 amide bonds. The molecule has 5 nitrogen and oxygen atoms in total. The van der Waals surface area contributed by atoms with E-state index in [1.807, 2.05) is 12.1 Å². The lowest BCUT2D eigenvalue weighted by Gasteiger charge is -2.38. The van der Waals surface area contributed by atoms with Crippen molar-refractivity contribution in [1.29, 1.82) is 0 Å². The van der Waals surface area contributed by atoms with Gasteiger partial charge in [-0.25, -0.2) is 4.98 Å². The second-order valence-electron chi connectivity index (χ2n) is 9.30. The first kappa shape index (κ1) is 24.0. The number of nitrogens with one attached hydrogen (secondary N) is 1. The highest BCUT2D eigenvalue weighted by Gasteiger charge is 2.56. The van der Waals surface area contributed by atoms with E-state index in [2.05, 4.69) is 30.8 Å². The minimum Gasteiger partial charge on any atom is -0.380 e. The van der Waals surface area contributed by atoms with Gasteiger partial charge < -0.3 is 19.7 Å². The predicted octanol–water partition coefficient (Wildman–Crippen LogP) is 5.37. The summed E-state index contributed by atoms with van der Waals surface area (Å²) in [7, 11) is 0. The third-order valence-electron chi connectivity index (χ3n) is 6.23. The lowest BCUT2D eigenvalue weighted by Crippen LogP contribution is -2.50. The fourth-order valence-electron chi connectivity index (χ4n) is 4.46. The molecule has 1 fully saturated rings. The quantitative estimate of drug-likeness (QED) is 0.454. The molecular formula is C24H27BrF3N3O2. The van der Waals surface area contributed by atoms with Crippen molar-refractivity contribution in [2.24, 2.45) is 0 Å². The number of nitrogens with zero attached hydrogens (tertiary/aromatic N) is 2. The van der Waals surface area contributed by atoms with Crippen LogP contribution < -0.4 is 4.90 Å². The van der Waals surface area contributed by atoms with E-state index in [9.17, 15) is 18.3 Å². The summed E-state index contributed by atoms with van der Waals surface area (Å²) in [6, 6.07) is 10.7.